The molecule has 0 spiro atoms. The van der Waals surface area contributed by atoms with Crippen molar-refractivity contribution >= 4 is 5.96 Å². The second kappa shape index (κ2) is 9.42. The topological polar surface area (TPSA) is 69.4 Å². The molecule has 5 nitrogen and oxygen atoms in total. The molecule has 0 atom stereocenters. The van der Waals surface area contributed by atoms with Crippen LogP contribution in [0, 0.1) is 24.1 Å². The third-order valence-electron chi connectivity index (χ3n) is 4.02. The number of nitriles is 1. The van der Waals surface area contributed by atoms with E-state index >= 15 is 0 Å². The Balaban J connectivity index is 1.88. The third-order valence-corrected chi connectivity index (χ3v) is 4.02. The van der Waals surface area contributed by atoms with Gasteiger partial charge in [0.15, 0.2) is 5.96 Å². The van der Waals surface area contributed by atoms with Crippen molar-refractivity contribution in [2.24, 2.45) is 4.99 Å². The number of nitrogens with one attached hydrogen (secondary N) is 2. The van der Waals surface area contributed by atoms with Crippen molar-refractivity contribution in [3.63, 3.8) is 0 Å². The number of benzene rings is 2. The Bertz CT molecular complexity index is 827. The molecule has 0 radical (unpaired) electrons. The molecule has 0 amide bonds. The molecule has 136 valence electrons. The van der Waals surface area contributed by atoms with Crippen LogP contribution in [0.4, 0.5) is 4.39 Å². The van der Waals surface area contributed by atoms with Gasteiger partial charge in [-0.05, 0) is 48.7 Å². The summed E-state index contributed by atoms with van der Waals surface area (Å²) in [4.78, 5) is 4.14. The van der Waals surface area contributed by atoms with Crippen LogP contribution in [-0.4, -0.2) is 26.7 Å². The summed E-state index contributed by atoms with van der Waals surface area (Å²) in [5.74, 6) is 1.10. The van der Waals surface area contributed by atoms with Gasteiger partial charge < -0.3 is 15.4 Å². The van der Waals surface area contributed by atoms with Crippen LogP contribution in [-0.2, 0) is 13.0 Å². The van der Waals surface area contributed by atoms with Crippen LogP contribution in [0.15, 0.2) is 41.4 Å². The summed E-state index contributed by atoms with van der Waals surface area (Å²) in [5.41, 5.74) is 3.11. The lowest BCUT2D eigenvalue weighted by atomic mass is 10.1. The van der Waals surface area contributed by atoms with Gasteiger partial charge in [0.05, 0.1) is 18.7 Å². The molecule has 0 unspecified atom stereocenters. The number of aryl methyl sites for hydroxylation is 1. The molecule has 0 saturated heterocycles. The van der Waals surface area contributed by atoms with Crippen LogP contribution in [0.3, 0.4) is 0 Å². The Morgan fingerprint density at radius 3 is 2.73 bits per heavy atom. The van der Waals surface area contributed by atoms with E-state index < -0.39 is 0 Å². The number of hydrogen-bond acceptors (Lipinski definition) is 3. The van der Waals surface area contributed by atoms with Gasteiger partial charge in [0.2, 0.25) is 0 Å². The first-order valence-electron chi connectivity index (χ1n) is 8.34. The molecule has 6 heteroatoms. The Kier molecular flexibility index (Phi) is 6.98. The first-order valence-corrected chi connectivity index (χ1v) is 8.34. The van der Waals surface area contributed by atoms with Crippen molar-refractivity contribution in [2.45, 2.75) is 19.9 Å². The monoisotopic (exact) mass is 354 g/mol. The predicted octanol–water partition coefficient (Wildman–Crippen LogP) is 2.92. The summed E-state index contributed by atoms with van der Waals surface area (Å²) in [6, 6.07) is 12.4. The Morgan fingerprint density at radius 2 is 2.04 bits per heavy atom. The molecule has 2 aromatic carbocycles. The molecule has 0 aromatic heterocycles. The summed E-state index contributed by atoms with van der Waals surface area (Å²) in [7, 11) is 3.32. The van der Waals surface area contributed by atoms with E-state index in [1.165, 1.54) is 18.2 Å². The average Bonchev–Trinajstić information content (AvgIpc) is 2.66. The van der Waals surface area contributed by atoms with Crippen molar-refractivity contribution in [2.75, 3.05) is 20.7 Å². The molecule has 0 fully saturated rings. The Labute approximate surface area is 153 Å². The zero-order valence-electron chi connectivity index (χ0n) is 15.3. The second-order valence-electron chi connectivity index (χ2n) is 5.82. The molecule has 0 aliphatic rings. The summed E-state index contributed by atoms with van der Waals surface area (Å²) in [6.07, 6.45) is 0.801. The smallest absolute Gasteiger partial charge is 0.191 e. The molecular weight excluding hydrogens is 331 g/mol. The predicted molar refractivity (Wildman–Crippen MR) is 101 cm³/mol. The summed E-state index contributed by atoms with van der Waals surface area (Å²) >= 11 is 0. The number of ether oxygens (including phenoxy) is 1. The van der Waals surface area contributed by atoms with E-state index in [4.69, 9.17) is 10.00 Å². The minimum atomic E-state index is -0.348. The molecule has 2 rings (SSSR count). The van der Waals surface area contributed by atoms with E-state index in [0.29, 0.717) is 23.6 Å². The van der Waals surface area contributed by atoms with Crippen molar-refractivity contribution in [1.29, 1.82) is 5.26 Å². The summed E-state index contributed by atoms with van der Waals surface area (Å²) in [6.45, 7) is 2.93. The van der Waals surface area contributed by atoms with E-state index in [0.717, 1.165) is 23.3 Å². The van der Waals surface area contributed by atoms with Gasteiger partial charge in [-0.15, -0.1) is 0 Å². The van der Waals surface area contributed by atoms with Gasteiger partial charge in [-0.2, -0.15) is 5.26 Å². The highest BCUT2D eigenvalue weighted by atomic mass is 19.1. The fraction of sp³-hybridized carbons (Fsp3) is 0.300. The third kappa shape index (κ3) is 5.21. The number of aliphatic imine (C=N–C) groups is 1. The number of nitrogens with zero attached hydrogens (tertiary/aromatic N) is 2. The molecule has 0 aliphatic carbocycles. The van der Waals surface area contributed by atoms with Gasteiger partial charge in [0, 0.05) is 25.7 Å². The van der Waals surface area contributed by atoms with Crippen molar-refractivity contribution in [1.82, 2.24) is 10.6 Å². The zero-order chi connectivity index (χ0) is 18.9. The lowest BCUT2D eigenvalue weighted by molar-refractivity contribution is 0.411. The molecule has 26 heavy (non-hydrogen) atoms. The van der Waals surface area contributed by atoms with E-state index in [-0.39, 0.29) is 12.4 Å². The van der Waals surface area contributed by atoms with Gasteiger partial charge in [-0.1, -0.05) is 12.1 Å². The maximum atomic E-state index is 13.8. The van der Waals surface area contributed by atoms with Crippen LogP contribution in [0.2, 0.25) is 0 Å². The van der Waals surface area contributed by atoms with Gasteiger partial charge in [0.1, 0.15) is 11.6 Å². The zero-order valence-corrected chi connectivity index (χ0v) is 15.3. The van der Waals surface area contributed by atoms with E-state index in [2.05, 4.69) is 21.7 Å². The quantitative estimate of drug-likeness (QED) is 0.618. The van der Waals surface area contributed by atoms with Crippen LogP contribution < -0.4 is 15.4 Å². The first-order chi connectivity index (χ1) is 12.6. The van der Waals surface area contributed by atoms with E-state index in [1.807, 2.05) is 25.1 Å². The molecule has 0 saturated carbocycles. The fourth-order valence-electron chi connectivity index (χ4n) is 2.52. The van der Waals surface area contributed by atoms with Crippen LogP contribution in [0.25, 0.3) is 0 Å². The lowest BCUT2D eigenvalue weighted by Gasteiger charge is -2.13. The number of rotatable bonds is 6. The number of halogens is 1. The van der Waals surface area contributed by atoms with Gasteiger partial charge in [-0.3, -0.25) is 4.99 Å². The normalized spacial score (nSPS) is 11.0. The molecule has 0 aliphatic heterocycles. The Hall–Kier alpha value is -3.07. The summed E-state index contributed by atoms with van der Waals surface area (Å²) < 4.78 is 19.2. The number of hydrogen-bond donors (Lipinski definition) is 2. The first kappa shape index (κ1) is 19.3. The lowest BCUT2D eigenvalue weighted by Crippen LogP contribution is -2.38. The van der Waals surface area contributed by atoms with Gasteiger partial charge in [0.25, 0.3) is 0 Å². The second-order valence-corrected chi connectivity index (χ2v) is 5.82. The number of methoxy groups -OCH3 is 1. The summed E-state index contributed by atoms with van der Waals surface area (Å²) in [5, 5.41) is 15.2. The van der Waals surface area contributed by atoms with Gasteiger partial charge in [-0.25, -0.2) is 4.39 Å². The van der Waals surface area contributed by atoms with Crippen LogP contribution >= 0.6 is 0 Å². The largest absolute Gasteiger partial charge is 0.496 e. The standard InChI is InChI=1S/C20H23FN4O/c1-14-4-5-15(11-19(14)26-3)8-9-24-20(23-2)25-13-17-10-16(12-22)6-7-18(17)21/h4-7,10-11H,8-9,13H2,1-3H3,(H2,23,24,25). The molecule has 0 bridgehead atoms. The maximum absolute atomic E-state index is 13.8. The maximum Gasteiger partial charge on any atom is 0.191 e. The number of guanidine groups is 1. The fourth-order valence-corrected chi connectivity index (χ4v) is 2.52. The van der Waals surface area contributed by atoms with Crippen molar-refractivity contribution in [3.05, 3.63) is 64.5 Å². The highest BCUT2D eigenvalue weighted by Crippen LogP contribution is 2.19. The molecule has 2 N–H and O–H groups in total. The van der Waals surface area contributed by atoms with Crippen molar-refractivity contribution < 1.29 is 9.13 Å². The molecule has 2 aromatic rings. The Morgan fingerprint density at radius 1 is 1.23 bits per heavy atom. The highest BCUT2D eigenvalue weighted by molar-refractivity contribution is 5.79. The van der Waals surface area contributed by atoms with E-state index in [9.17, 15) is 4.39 Å². The van der Waals surface area contributed by atoms with Crippen LogP contribution in [0.1, 0.15) is 22.3 Å². The van der Waals surface area contributed by atoms with Gasteiger partial charge >= 0.3 is 0 Å². The average molecular weight is 354 g/mol. The van der Waals surface area contributed by atoms with Crippen molar-refractivity contribution in [3.8, 4) is 11.8 Å². The highest BCUT2D eigenvalue weighted by Gasteiger charge is 2.06. The van der Waals surface area contributed by atoms with Crippen LogP contribution in [0.5, 0.6) is 5.75 Å². The minimum Gasteiger partial charge on any atom is -0.496 e. The minimum absolute atomic E-state index is 0.249. The molecule has 0 heterocycles. The molecular formula is C20H23FN4O. The van der Waals surface area contributed by atoms with E-state index in [1.54, 1.807) is 14.2 Å². The SMILES string of the molecule is CN=C(NCCc1ccc(C)c(OC)c1)NCc1cc(C#N)ccc1F.